The van der Waals surface area contributed by atoms with Crippen LogP contribution in [0.3, 0.4) is 0 Å². The molecule has 0 amide bonds. The zero-order valence-corrected chi connectivity index (χ0v) is 12.6. The molecule has 0 bridgehead atoms. The minimum atomic E-state index is -0.584. The number of nitrogens with zero attached hydrogens (tertiary/aromatic N) is 1. The summed E-state index contributed by atoms with van der Waals surface area (Å²) < 4.78 is 5.50. The first-order valence-corrected chi connectivity index (χ1v) is 7.22. The van der Waals surface area contributed by atoms with E-state index in [2.05, 4.69) is 10.3 Å². The number of aromatic nitrogens is 1. The summed E-state index contributed by atoms with van der Waals surface area (Å²) in [6.07, 6.45) is 2.97. The van der Waals surface area contributed by atoms with Crippen LogP contribution in [0.2, 0.25) is 5.02 Å². The third-order valence-electron chi connectivity index (χ3n) is 3.10. The van der Waals surface area contributed by atoms with Crippen LogP contribution < -0.4 is 10.1 Å². The first-order valence-electron chi connectivity index (χ1n) is 6.85. The van der Waals surface area contributed by atoms with Crippen molar-refractivity contribution < 1.29 is 9.84 Å². The standard InChI is InChI=1S/C16H19ClN2O2/c1-12(13-3-2-8-18-9-13)19-10-15(20)11-21-16-6-4-14(17)5-7-16/h2-9,12,15,19-20H,10-11H2,1H3/t12-,15?/m0/s1. The summed E-state index contributed by atoms with van der Waals surface area (Å²) in [5.41, 5.74) is 1.09. The molecule has 1 unspecified atom stereocenters. The number of ether oxygens (including phenoxy) is 1. The van der Waals surface area contributed by atoms with Crippen LogP contribution in [0.25, 0.3) is 0 Å². The maximum Gasteiger partial charge on any atom is 0.119 e. The normalized spacial score (nSPS) is 13.7. The van der Waals surface area contributed by atoms with Crippen molar-refractivity contribution in [1.82, 2.24) is 10.3 Å². The third kappa shape index (κ3) is 5.34. The van der Waals surface area contributed by atoms with E-state index in [0.29, 0.717) is 17.3 Å². The Morgan fingerprint density at radius 1 is 1.29 bits per heavy atom. The first kappa shape index (κ1) is 15.8. The van der Waals surface area contributed by atoms with Crippen LogP contribution in [0.15, 0.2) is 48.8 Å². The van der Waals surface area contributed by atoms with Gasteiger partial charge < -0.3 is 15.2 Å². The molecule has 1 aromatic carbocycles. The van der Waals surface area contributed by atoms with E-state index >= 15 is 0 Å². The number of pyridine rings is 1. The number of aliphatic hydroxyl groups is 1. The molecule has 0 aliphatic rings. The summed E-state index contributed by atoms with van der Waals surface area (Å²) in [6, 6.07) is 11.1. The lowest BCUT2D eigenvalue weighted by Crippen LogP contribution is -2.33. The number of rotatable bonds is 7. The van der Waals surface area contributed by atoms with Crippen molar-refractivity contribution in [2.24, 2.45) is 0 Å². The summed E-state index contributed by atoms with van der Waals surface area (Å²) in [5.74, 6) is 0.693. The molecule has 21 heavy (non-hydrogen) atoms. The largest absolute Gasteiger partial charge is 0.491 e. The molecule has 5 heteroatoms. The summed E-state index contributed by atoms with van der Waals surface area (Å²) in [7, 11) is 0. The highest BCUT2D eigenvalue weighted by Gasteiger charge is 2.09. The maximum atomic E-state index is 9.93. The molecule has 4 nitrogen and oxygen atoms in total. The van der Waals surface area contributed by atoms with Crippen LogP contribution >= 0.6 is 11.6 Å². The fourth-order valence-electron chi connectivity index (χ4n) is 1.84. The molecule has 0 spiro atoms. The number of aliphatic hydroxyl groups excluding tert-OH is 1. The fraction of sp³-hybridized carbons (Fsp3) is 0.312. The van der Waals surface area contributed by atoms with E-state index in [0.717, 1.165) is 5.56 Å². The van der Waals surface area contributed by atoms with Crippen molar-refractivity contribution in [1.29, 1.82) is 0 Å². The van der Waals surface area contributed by atoms with Crippen LogP contribution in [0, 0.1) is 0 Å². The lowest BCUT2D eigenvalue weighted by atomic mass is 10.1. The van der Waals surface area contributed by atoms with Crippen LogP contribution in [-0.2, 0) is 0 Å². The zero-order valence-electron chi connectivity index (χ0n) is 11.9. The lowest BCUT2D eigenvalue weighted by Gasteiger charge is -2.17. The van der Waals surface area contributed by atoms with Gasteiger partial charge in [-0.2, -0.15) is 0 Å². The average molecular weight is 307 g/mol. The molecule has 1 aromatic heterocycles. The van der Waals surface area contributed by atoms with Crippen LogP contribution in [-0.4, -0.2) is 29.3 Å². The zero-order chi connectivity index (χ0) is 15.1. The van der Waals surface area contributed by atoms with Crippen LogP contribution in [0.5, 0.6) is 5.75 Å². The molecule has 2 N–H and O–H groups in total. The summed E-state index contributed by atoms with van der Waals surface area (Å²) >= 11 is 5.80. The smallest absolute Gasteiger partial charge is 0.119 e. The van der Waals surface area contributed by atoms with Crippen molar-refractivity contribution >= 4 is 11.6 Å². The molecule has 1 heterocycles. The highest BCUT2D eigenvalue weighted by molar-refractivity contribution is 6.30. The van der Waals surface area contributed by atoms with Crippen molar-refractivity contribution in [2.75, 3.05) is 13.2 Å². The highest BCUT2D eigenvalue weighted by Crippen LogP contribution is 2.15. The van der Waals surface area contributed by atoms with Crippen molar-refractivity contribution in [3.63, 3.8) is 0 Å². The van der Waals surface area contributed by atoms with Gasteiger partial charge in [0.15, 0.2) is 0 Å². The Morgan fingerprint density at radius 3 is 2.71 bits per heavy atom. The molecule has 2 aromatic rings. The Hall–Kier alpha value is -1.62. The maximum absolute atomic E-state index is 9.93. The van der Waals surface area contributed by atoms with Crippen molar-refractivity contribution in [2.45, 2.75) is 19.1 Å². The molecule has 0 fully saturated rings. The van der Waals surface area contributed by atoms with Gasteiger partial charge in [0, 0.05) is 30.0 Å². The second-order valence-corrected chi connectivity index (χ2v) is 5.27. The molecule has 0 saturated heterocycles. The number of hydrogen-bond acceptors (Lipinski definition) is 4. The van der Waals surface area contributed by atoms with Crippen LogP contribution in [0.4, 0.5) is 0 Å². The molecule has 112 valence electrons. The SMILES string of the molecule is C[C@H](NCC(O)COc1ccc(Cl)cc1)c1cccnc1. The van der Waals surface area contributed by atoms with Gasteiger partial charge in [0.05, 0.1) is 0 Å². The summed E-state index contributed by atoms with van der Waals surface area (Å²) in [5, 5.41) is 13.8. The number of halogens is 1. The minimum absolute atomic E-state index is 0.129. The number of hydrogen-bond donors (Lipinski definition) is 2. The first-order chi connectivity index (χ1) is 10.1. The van der Waals surface area contributed by atoms with E-state index in [1.807, 2.05) is 25.3 Å². The Bertz CT molecular complexity index is 534. The van der Waals surface area contributed by atoms with Gasteiger partial charge >= 0.3 is 0 Å². The quantitative estimate of drug-likeness (QED) is 0.826. The van der Waals surface area contributed by atoms with Gasteiger partial charge in [-0.05, 0) is 42.8 Å². The molecule has 2 atom stereocenters. The third-order valence-corrected chi connectivity index (χ3v) is 3.35. The van der Waals surface area contributed by atoms with Gasteiger partial charge in [0.1, 0.15) is 18.5 Å². The van der Waals surface area contributed by atoms with Gasteiger partial charge in [-0.15, -0.1) is 0 Å². The Labute approximate surface area is 129 Å². The molecule has 0 saturated carbocycles. The summed E-state index contributed by atoms with van der Waals surface area (Å²) in [6.45, 7) is 2.71. The van der Waals surface area contributed by atoms with Gasteiger partial charge in [0.2, 0.25) is 0 Å². The monoisotopic (exact) mass is 306 g/mol. The van der Waals surface area contributed by atoms with E-state index in [1.165, 1.54) is 0 Å². The Kier molecular flexibility index (Phi) is 5.99. The molecular formula is C16H19ClN2O2. The second kappa shape index (κ2) is 7.98. The van der Waals surface area contributed by atoms with Gasteiger partial charge in [-0.25, -0.2) is 0 Å². The highest BCUT2D eigenvalue weighted by atomic mass is 35.5. The van der Waals surface area contributed by atoms with Gasteiger partial charge in [-0.3, -0.25) is 4.98 Å². The van der Waals surface area contributed by atoms with Gasteiger partial charge in [-0.1, -0.05) is 17.7 Å². The number of nitrogens with one attached hydrogen (secondary N) is 1. The van der Waals surface area contributed by atoms with Crippen LogP contribution in [0.1, 0.15) is 18.5 Å². The second-order valence-electron chi connectivity index (χ2n) is 4.84. The van der Waals surface area contributed by atoms with E-state index in [4.69, 9.17) is 16.3 Å². The van der Waals surface area contributed by atoms with E-state index < -0.39 is 6.10 Å². The van der Waals surface area contributed by atoms with E-state index in [1.54, 1.807) is 30.5 Å². The number of benzene rings is 1. The van der Waals surface area contributed by atoms with E-state index in [9.17, 15) is 5.11 Å². The summed E-state index contributed by atoms with van der Waals surface area (Å²) in [4.78, 5) is 4.08. The fourth-order valence-corrected chi connectivity index (χ4v) is 1.97. The average Bonchev–Trinajstić information content (AvgIpc) is 2.53. The lowest BCUT2D eigenvalue weighted by molar-refractivity contribution is 0.104. The van der Waals surface area contributed by atoms with Crippen molar-refractivity contribution in [3.8, 4) is 5.75 Å². The van der Waals surface area contributed by atoms with Crippen molar-refractivity contribution in [3.05, 3.63) is 59.4 Å². The predicted molar refractivity (Wildman–Crippen MR) is 83.6 cm³/mol. The Morgan fingerprint density at radius 2 is 2.05 bits per heavy atom. The Balaban J connectivity index is 1.72. The van der Waals surface area contributed by atoms with E-state index in [-0.39, 0.29) is 12.6 Å². The van der Waals surface area contributed by atoms with Gasteiger partial charge in [0.25, 0.3) is 0 Å². The molecular weight excluding hydrogens is 288 g/mol. The molecule has 0 aliphatic carbocycles. The predicted octanol–water partition coefficient (Wildman–Crippen LogP) is 2.83. The molecule has 2 rings (SSSR count). The minimum Gasteiger partial charge on any atom is -0.491 e. The molecule has 0 aliphatic heterocycles. The molecule has 0 radical (unpaired) electrons. The topological polar surface area (TPSA) is 54.4 Å².